The Balaban J connectivity index is 2.90. The third-order valence-corrected chi connectivity index (χ3v) is 1.84. The Labute approximate surface area is 78.0 Å². The first-order valence-corrected chi connectivity index (χ1v) is 4.69. The van der Waals surface area contributed by atoms with Crippen molar-refractivity contribution in [3.05, 3.63) is 23.3 Å². The van der Waals surface area contributed by atoms with Crippen LogP contribution in [-0.4, -0.2) is 9.97 Å². The van der Waals surface area contributed by atoms with Crippen LogP contribution in [0.25, 0.3) is 0 Å². The highest BCUT2D eigenvalue weighted by Gasteiger charge is 1.99. The summed E-state index contributed by atoms with van der Waals surface area (Å²) < 4.78 is 0. The van der Waals surface area contributed by atoms with E-state index >= 15 is 0 Å². The molecular formula is C9H13ClN2. The zero-order valence-electron chi connectivity index (χ0n) is 7.47. The predicted molar refractivity (Wildman–Crippen MR) is 50.3 cm³/mol. The monoisotopic (exact) mass is 184 g/mol. The second-order valence-electron chi connectivity index (χ2n) is 2.80. The molecule has 1 aromatic heterocycles. The zero-order valence-corrected chi connectivity index (χ0v) is 8.23. The Morgan fingerprint density at radius 3 is 2.75 bits per heavy atom. The second kappa shape index (κ2) is 4.41. The first kappa shape index (κ1) is 9.46. The van der Waals surface area contributed by atoms with Gasteiger partial charge in [0.15, 0.2) is 0 Å². The fourth-order valence-corrected chi connectivity index (χ4v) is 1.24. The van der Waals surface area contributed by atoms with Crippen molar-refractivity contribution in [2.75, 3.05) is 0 Å². The highest BCUT2D eigenvalue weighted by Crippen LogP contribution is 2.04. The number of rotatable bonds is 3. The van der Waals surface area contributed by atoms with Crippen LogP contribution < -0.4 is 0 Å². The molecule has 0 atom stereocenters. The van der Waals surface area contributed by atoms with Gasteiger partial charge >= 0.3 is 0 Å². The normalized spacial score (nSPS) is 10.2. The fraction of sp³-hybridized carbons (Fsp3) is 0.556. The summed E-state index contributed by atoms with van der Waals surface area (Å²) in [6.07, 6.45) is 2.01. The molecule has 0 aliphatic heterocycles. The molecule has 3 heteroatoms. The molecular weight excluding hydrogens is 172 g/mol. The maximum Gasteiger partial charge on any atom is 0.128 e. The van der Waals surface area contributed by atoms with Gasteiger partial charge < -0.3 is 0 Å². The van der Waals surface area contributed by atoms with Crippen LogP contribution in [0.3, 0.4) is 0 Å². The molecule has 0 unspecified atom stereocenters. The molecule has 0 aliphatic rings. The lowest BCUT2D eigenvalue weighted by Gasteiger charge is -2.01. The van der Waals surface area contributed by atoms with E-state index in [1.54, 1.807) is 0 Å². The van der Waals surface area contributed by atoms with E-state index < -0.39 is 0 Å². The number of hydrogen-bond acceptors (Lipinski definition) is 2. The van der Waals surface area contributed by atoms with Gasteiger partial charge in [-0.25, -0.2) is 9.97 Å². The van der Waals surface area contributed by atoms with Gasteiger partial charge in [0.1, 0.15) is 5.82 Å². The molecule has 1 aromatic rings. The molecule has 0 amide bonds. The molecule has 1 rings (SSSR count). The van der Waals surface area contributed by atoms with Crippen LogP contribution in [0.2, 0.25) is 0 Å². The summed E-state index contributed by atoms with van der Waals surface area (Å²) >= 11 is 5.68. The molecule has 66 valence electrons. The number of alkyl halides is 1. The summed E-state index contributed by atoms with van der Waals surface area (Å²) in [5.74, 6) is 1.38. The highest BCUT2D eigenvalue weighted by atomic mass is 35.5. The van der Waals surface area contributed by atoms with Crippen molar-refractivity contribution < 1.29 is 0 Å². The van der Waals surface area contributed by atoms with E-state index in [4.69, 9.17) is 11.6 Å². The lowest BCUT2D eigenvalue weighted by molar-refractivity contribution is 0.813. The van der Waals surface area contributed by atoms with Crippen molar-refractivity contribution >= 4 is 11.6 Å². The largest absolute Gasteiger partial charge is 0.238 e. The minimum absolute atomic E-state index is 0.472. The Kier molecular flexibility index (Phi) is 3.48. The summed E-state index contributed by atoms with van der Waals surface area (Å²) in [5.41, 5.74) is 1.93. The average Bonchev–Trinajstić information content (AvgIpc) is 2.04. The Hall–Kier alpha value is -0.630. The van der Waals surface area contributed by atoms with Crippen LogP contribution in [0.1, 0.15) is 30.6 Å². The maximum atomic E-state index is 5.68. The standard InChI is InChI=1S/C9H13ClN2/c1-3-4-9-11-7(2)5-8(6-10)12-9/h5H,3-4,6H2,1-2H3. The van der Waals surface area contributed by atoms with Gasteiger partial charge in [0.05, 0.1) is 11.6 Å². The van der Waals surface area contributed by atoms with E-state index in [9.17, 15) is 0 Å². The topological polar surface area (TPSA) is 25.8 Å². The number of aryl methyl sites for hydroxylation is 2. The van der Waals surface area contributed by atoms with Crippen molar-refractivity contribution in [1.29, 1.82) is 0 Å². The highest BCUT2D eigenvalue weighted by molar-refractivity contribution is 6.16. The van der Waals surface area contributed by atoms with Gasteiger partial charge in [-0.2, -0.15) is 0 Å². The van der Waals surface area contributed by atoms with Crippen molar-refractivity contribution in [1.82, 2.24) is 9.97 Å². The first-order chi connectivity index (χ1) is 5.76. The van der Waals surface area contributed by atoms with E-state index in [1.807, 2.05) is 13.0 Å². The summed E-state index contributed by atoms with van der Waals surface area (Å²) in [6.45, 7) is 4.09. The van der Waals surface area contributed by atoms with Crippen molar-refractivity contribution in [3.63, 3.8) is 0 Å². The molecule has 0 radical (unpaired) electrons. The average molecular weight is 185 g/mol. The molecule has 0 fully saturated rings. The molecule has 0 aliphatic carbocycles. The Bertz CT molecular complexity index is 261. The molecule has 1 heterocycles. The van der Waals surface area contributed by atoms with Crippen LogP contribution in [-0.2, 0) is 12.3 Å². The van der Waals surface area contributed by atoms with Crippen LogP contribution in [0, 0.1) is 6.92 Å². The maximum absolute atomic E-state index is 5.68. The van der Waals surface area contributed by atoms with Crippen LogP contribution in [0.5, 0.6) is 0 Å². The van der Waals surface area contributed by atoms with E-state index in [-0.39, 0.29) is 0 Å². The Morgan fingerprint density at radius 2 is 2.17 bits per heavy atom. The molecule has 0 saturated heterocycles. The van der Waals surface area contributed by atoms with Crippen molar-refractivity contribution in [2.45, 2.75) is 32.6 Å². The van der Waals surface area contributed by atoms with Crippen LogP contribution in [0.4, 0.5) is 0 Å². The van der Waals surface area contributed by atoms with E-state index in [0.717, 1.165) is 30.1 Å². The minimum atomic E-state index is 0.472. The zero-order chi connectivity index (χ0) is 8.97. The molecule has 12 heavy (non-hydrogen) atoms. The quantitative estimate of drug-likeness (QED) is 0.675. The number of nitrogens with zero attached hydrogens (tertiary/aromatic N) is 2. The smallest absolute Gasteiger partial charge is 0.128 e. The van der Waals surface area contributed by atoms with E-state index in [2.05, 4.69) is 16.9 Å². The fourth-order valence-electron chi connectivity index (χ4n) is 1.10. The van der Waals surface area contributed by atoms with Gasteiger partial charge in [0.2, 0.25) is 0 Å². The molecule has 0 aromatic carbocycles. The van der Waals surface area contributed by atoms with Crippen molar-refractivity contribution in [3.8, 4) is 0 Å². The molecule has 0 bridgehead atoms. The second-order valence-corrected chi connectivity index (χ2v) is 3.07. The van der Waals surface area contributed by atoms with E-state index in [0.29, 0.717) is 5.88 Å². The molecule has 0 spiro atoms. The summed E-state index contributed by atoms with van der Waals surface area (Å²) in [5, 5.41) is 0. The minimum Gasteiger partial charge on any atom is -0.238 e. The van der Waals surface area contributed by atoms with Crippen molar-refractivity contribution in [2.24, 2.45) is 0 Å². The van der Waals surface area contributed by atoms with Gasteiger partial charge in [0.25, 0.3) is 0 Å². The number of aromatic nitrogens is 2. The third kappa shape index (κ3) is 2.45. The molecule has 0 N–H and O–H groups in total. The number of halogens is 1. The SMILES string of the molecule is CCCc1nc(C)cc(CCl)n1. The lowest BCUT2D eigenvalue weighted by Crippen LogP contribution is -1.99. The third-order valence-electron chi connectivity index (χ3n) is 1.56. The lowest BCUT2D eigenvalue weighted by atomic mass is 10.3. The summed E-state index contributed by atoms with van der Waals surface area (Å²) in [7, 11) is 0. The molecule has 2 nitrogen and oxygen atoms in total. The van der Waals surface area contributed by atoms with E-state index in [1.165, 1.54) is 0 Å². The van der Waals surface area contributed by atoms with Gasteiger partial charge in [-0.15, -0.1) is 11.6 Å². The summed E-state index contributed by atoms with van der Waals surface area (Å²) in [6, 6.07) is 1.92. The first-order valence-electron chi connectivity index (χ1n) is 4.15. The predicted octanol–water partition coefficient (Wildman–Crippen LogP) is 2.48. The number of hydrogen-bond donors (Lipinski definition) is 0. The van der Waals surface area contributed by atoms with Crippen LogP contribution in [0.15, 0.2) is 6.07 Å². The van der Waals surface area contributed by atoms with Gasteiger partial charge in [0, 0.05) is 12.1 Å². The Morgan fingerprint density at radius 1 is 1.42 bits per heavy atom. The summed E-state index contributed by atoms with van der Waals surface area (Å²) in [4.78, 5) is 8.60. The van der Waals surface area contributed by atoms with Gasteiger partial charge in [-0.05, 0) is 19.4 Å². The van der Waals surface area contributed by atoms with Crippen LogP contribution >= 0.6 is 11.6 Å². The van der Waals surface area contributed by atoms with Gasteiger partial charge in [-0.1, -0.05) is 6.92 Å². The molecule has 0 saturated carbocycles. The van der Waals surface area contributed by atoms with Gasteiger partial charge in [-0.3, -0.25) is 0 Å².